The van der Waals surface area contributed by atoms with Crippen LogP contribution < -0.4 is 5.32 Å². The first-order valence-corrected chi connectivity index (χ1v) is 5.18. The van der Waals surface area contributed by atoms with Crippen LogP contribution in [0.3, 0.4) is 0 Å². The Hall–Kier alpha value is -1.68. The van der Waals surface area contributed by atoms with Crippen LogP contribution in [0.25, 0.3) is 0 Å². The molecule has 0 saturated carbocycles. The maximum absolute atomic E-state index is 10.7. The third-order valence-electron chi connectivity index (χ3n) is 2.28. The Kier molecular flexibility index (Phi) is 5.22. The van der Waals surface area contributed by atoms with Crippen LogP contribution in [0.4, 0.5) is 0 Å². The molecule has 1 atom stereocenters. The molecule has 0 radical (unpaired) electrons. The predicted octanol–water partition coefficient (Wildman–Crippen LogP) is 0.861. The van der Waals surface area contributed by atoms with Gasteiger partial charge in [0.25, 0.3) is 0 Å². The SMILES string of the molecule is O=CCC(NCCc1ccccc1)C(=O)O. The van der Waals surface area contributed by atoms with Gasteiger partial charge in [0.05, 0.1) is 0 Å². The number of carboxylic acids is 1. The summed E-state index contributed by atoms with van der Waals surface area (Å²) in [7, 11) is 0. The molecule has 4 nitrogen and oxygen atoms in total. The van der Waals surface area contributed by atoms with E-state index in [0.29, 0.717) is 12.8 Å². The van der Waals surface area contributed by atoms with Gasteiger partial charge in [0.15, 0.2) is 0 Å². The highest BCUT2D eigenvalue weighted by molar-refractivity contribution is 5.76. The highest BCUT2D eigenvalue weighted by Gasteiger charge is 2.14. The van der Waals surface area contributed by atoms with Gasteiger partial charge in [-0.25, -0.2) is 0 Å². The van der Waals surface area contributed by atoms with E-state index in [1.54, 1.807) is 0 Å². The number of benzene rings is 1. The van der Waals surface area contributed by atoms with Crippen molar-refractivity contribution in [3.63, 3.8) is 0 Å². The fraction of sp³-hybridized carbons (Fsp3) is 0.333. The van der Waals surface area contributed by atoms with Crippen LogP contribution in [-0.2, 0) is 16.0 Å². The zero-order valence-electron chi connectivity index (χ0n) is 8.93. The Morgan fingerprint density at radius 1 is 1.38 bits per heavy atom. The molecular weight excluding hydrogens is 206 g/mol. The number of carbonyl (C=O) groups is 2. The minimum absolute atomic E-state index is 0.00409. The molecule has 0 fully saturated rings. The minimum atomic E-state index is -0.986. The molecular formula is C12H15NO3. The van der Waals surface area contributed by atoms with Gasteiger partial charge in [-0.2, -0.15) is 0 Å². The summed E-state index contributed by atoms with van der Waals surface area (Å²) >= 11 is 0. The summed E-state index contributed by atoms with van der Waals surface area (Å²) in [5.74, 6) is -0.986. The molecule has 0 amide bonds. The minimum Gasteiger partial charge on any atom is -0.480 e. The Labute approximate surface area is 94.3 Å². The lowest BCUT2D eigenvalue weighted by Crippen LogP contribution is -2.38. The van der Waals surface area contributed by atoms with E-state index in [0.717, 1.165) is 12.0 Å². The molecule has 16 heavy (non-hydrogen) atoms. The van der Waals surface area contributed by atoms with Gasteiger partial charge in [0, 0.05) is 6.42 Å². The second kappa shape index (κ2) is 6.74. The predicted molar refractivity (Wildman–Crippen MR) is 60.3 cm³/mol. The van der Waals surface area contributed by atoms with E-state index in [2.05, 4.69) is 5.32 Å². The molecule has 1 aromatic carbocycles. The summed E-state index contributed by atoms with van der Waals surface area (Å²) in [5, 5.41) is 11.6. The van der Waals surface area contributed by atoms with Crippen molar-refractivity contribution < 1.29 is 14.7 Å². The van der Waals surface area contributed by atoms with E-state index in [4.69, 9.17) is 5.11 Å². The Balaban J connectivity index is 2.33. The molecule has 2 N–H and O–H groups in total. The van der Waals surface area contributed by atoms with Crippen molar-refractivity contribution in [3.05, 3.63) is 35.9 Å². The number of carbonyl (C=O) groups excluding carboxylic acids is 1. The van der Waals surface area contributed by atoms with Gasteiger partial charge in [0.2, 0.25) is 0 Å². The number of hydrogen-bond acceptors (Lipinski definition) is 3. The van der Waals surface area contributed by atoms with E-state index in [-0.39, 0.29) is 6.42 Å². The molecule has 0 aliphatic heterocycles. The summed E-state index contributed by atoms with van der Waals surface area (Å²) in [6.45, 7) is 0.550. The quantitative estimate of drug-likeness (QED) is 0.670. The van der Waals surface area contributed by atoms with Crippen LogP contribution in [0.5, 0.6) is 0 Å². The van der Waals surface area contributed by atoms with Crippen LogP contribution in [0.2, 0.25) is 0 Å². The monoisotopic (exact) mass is 221 g/mol. The van der Waals surface area contributed by atoms with E-state index >= 15 is 0 Å². The van der Waals surface area contributed by atoms with Gasteiger partial charge < -0.3 is 15.2 Å². The number of aliphatic carboxylic acids is 1. The zero-order chi connectivity index (χ0) is 11.8. The van der Waals surface area contributed by atoms with E-state index in [9.17, 15) is 9.59 Å². The molecule has 1 unspecified atom stereocenters. The van der Waals surface area contributed by atoms with Crippen molar-refractivity contribution in [2.45, 2.75) is 18.9 Å². The van der Waals surface area contributed by atoms with Crippen molar-refractivity contribution >= 4 is 12.3 Å². The normalized spacial score (nSPS) is 12.0. The summed E-state index contributed by atoms with van der Waals surface area (Å²) in [6.07, 6.45) is 1.38. The number of hydrogen-bond donors (Lipinski definition) is 2. The van der Waals surface area contributed by atoms with Gasteiger partial charge in [-0.3, -0.25) is 4.79 Å². The lowest BCUT2D eigenvalue weighted by atomic mass is 10.1. The fourth-order valence-corrected chi connectivity index (χ4v) is 1.40. The smallest absolute Gasteiger partial charge is 0.321 e. The van der Waals surface area contributed by atoms with Gasteiger partial charge in [0.1, 0.15) is 12.3 Å². The van der Waals surface area contributed by atoms with Crippen molar-refractivity contribution in [2.24, 2.45) is 0 Å². The summed E-state index contributed by atoms with van der Waals surface area (Å²) < 4.78 is 0. The highest BCUT2D eigenvalue weighted by Crippen LogP contribution is 1.99. The zero-order valence-corrected chi connectivity index (χ0v) is 8.93. The molecule has 1 rings (SSSR count). The van der Waals surface area contributed by atoms with Crippen molar-refractivity contribution in [1.82, 2.24) is 5.32 Å². The third-order valence-corrected chi connectivity index (χ3v) is 2.28. The second-order valence-electron chi connectivity index (χ2n) is 3.48. The molecule has 0 spiro atoms. The molecule has 1 aromatic rings. The Bertz CT molecular complexity index is 337. The van der Waals surface area contributed by atoms with Gasteiger partial charge in [-0.1, -0.05) is 30.3 Å². The molecule has 0 bridgehead atoms. The topological polar surface area (TPSA) is 66.4 Å². The lowest BCUT2D eigenvalue weighted by molar-refractivity contribution is -0.140. The van der Waals surface area contributed by atoms with Crippen LogP contribution >= 0.6 is 0 Å². The largest absolute Gasteiger partial charge is 0.480 e. The molecule has 0 saturated heterocycles. The van der Waals surface area contributed by atoms with E-state index < -0.39 is 12.0 Å². The number of rotatable bonds is 7. The third kappa shape index (κ3) is 4.23. The molecule has 0 aliphatic rings. The molecule has 0 aromatic heterocycles. The highest BCUT2D eigenvalue weighted by atomic mass is 16.4. The molecule has 4 heteroatoms. The average molecular weight is 221 g/mol. The summed E-state index contributed by atoms with van der Waals surface area (Å²) in [4.78, 5) is 21.0. The van der Waals surface area contributed by atoms with Gasteiger partial charge in [-0.15, -0.1) is 0 Å². The van der Waals surface area contributed by atoms with E-state index in [1.165, 1.54) is 0 Å². The molecule has 86 valence electrons. The molecule has 0 aliphatic carbocycles. The van der Waals surface area contributed by atoms with Crippen LogP contribution in [0.15, 0.2) is 30.3 Å². The average Bonchev–Trinajstić information content (AvgIpc) is 2.29. The first-order valence-electron chi connectivity index (χ1n) is 5.18. The van der Waals surface area contributed by atoms with Crippen molar-refractivity contribution in [3.8, 4) is 0 Å². The van der Waals surface area contributed by atoms with Gasteiger partial charge in [-0.05, 0) is 18.5 Å². The molecule has 0 heterocycles. The van der Waals surface area contributed by atoms with Crippen molar-refractivity contribution in [2.75, 3.05) is 6.54 Å². The fourth-order valence-electron chi connectivity index (χ4n) is 1.40. The van der Waals surface area contributed by atoms with Crippen LogP contribution in [0, 0.1) is 0 Å². The standard InChI is InChI=1S/C12H15NO3/c14-9-7-11(12(15)16)13-8-6-10-4-2-1-3-5-10/h1-5,9,11,13H,6-8H2,(H,15,16). The van der Waals surface area contributed by atoms with Crippen LogP contribution in [0.1, 0.15) is 12.0 Å². The Morgan fingerprint density at radius 3 is 2.62 bits per heavy atom. The second-order valence-corrected chi connectivity index (χ2v) is 3.48. The first-order chi connectivity index (χ1) is 7.74. The first kappa shape index (κ1) is 12.4. The number of nitrogens with one attached hydrogen (secondary N) is 1. The number of aldehydes is 1. The summed E-state index contributed by atoms with van der Waals surface area (Å²) in [5.41, 5.74) is 1.14. The van der Waals surface area contributed by atoms with Crippen LogP contribution in [-0.4, -0.2) is 29.9 Å². The van der Waals surface area contributed by atoms with E-state index in [1.807, 2.05) is 30.3 Å². The van der Waals surface area contributed by atoms with Gasteiger partial charge >= 0.3 is 5.97 Å². The maximum Gasteiger partial charge on any atom is 0.321 e. The summed E-state index contributed by atoms with van der Waals surface area (Å²) in [6, 6.07) is 9.00. The lowest BCUT2D eigenvalue weighted by Gasteiger charge is -2.11. The van der Waals surface area contributed by atoms with Crippen molar-refractivity contribution in [1.29, 1.82) is 0 Å². The number of carboxylic acid groups (broad SMARTS) is 1. The maximum atomic E-state index is 10.7. The Morgan fingerprint density at radius 2 is 2.06 bits per heavy atom.